The number of carbonyl (C=O) groups excluding carboxylic acids is 1. The Balaban J connectivity index is 1.84. The number of carbonyl (C=O) groups is 1. The van der Waals surface area contributed by atoms with Gasteiger partial charge in [-0.1, -0.05) is 17.4 Å². The number of aromatic nitrogens is 2. The average molecular weight is 396 g/mol. The number of allylic oxidation sites excluding steroid dienone is 1. The topological polar surface area (TPSA) is 90.4 Å². The lowest BCUT2D eigenvalue weighted by Crippen LogP contribution is -2.16. The fourth-order valence-electron chi connectivity index (χ4n) is 2.71. The summed E-state index contributed by atoms with van der Waals surface area (Å²) in [6, 6.07) is 9.87. The van der Waals surface area contributed by atoms with Crippen LogP contribution in [-0.2, 0) is 6.54 Å². The first kappa shape index (κ1) is 17.3. The number of amides is 1. The van der Waals surface area contributed by atoms with Gasteiger partial charge in [-0.3, -0.25) is 14.9 Å². The third-order valence-electron chi connectivity index (χ3n) is 3.96. The molecule has 4 aromatic rings. The Morgan fingerprint density at radius 3 is 2.93 bits per heavy atom. The van der Waals surface area contributed by atoms with Gasteiger partial charge in [-0.15, -0.1) is 17.9 Å². The molecule has 0 spiro atoms. The average Bonchev–Trinajstić information content (AvgIpc) is 3.25. The van der Waals surface area contributed by atoms with Crippen LogP contribution in [0.2, 0.25) is 0 Å². The molecule has 1 amide bonds. The molecular formula is C18H12N4O3S2. The monoisotopic (exact) mass is 396 g/mol. The highest BCUT2D eigenvalue weighted by atomic mass is 32.1. The molecular weight excluding hydrogens is 384 g/mol. The van der Waals surface area contributed by atoms with E-state index in [-0.39, 0.29) is 11.6 Å². The highest BCUT2D eigenvalue weighted by Crippen LogP contribution is 2.24. The molecule has 0 radical (unpaired) electrons. The number of non-ortho nitro benzene ring substituents is 1. The molecule has 9 heteroatoms. The normalized spacial score (nSPS) is 11.9. The molecule has 0 N–H and O–H groups in total. The summed E-state index contributed by atoms with van der Waals surface area (Å²) in [6.45, 7) is 4.18. The second-order valence-electron chi connectivity index (χ2n) is 5.64. The number of hydrogen-bond donors (Lipinski definition) is 0. The van der Waals surface area contributed by atoms with E-state index in [1.165, 1.54) is 34.8 Å². The standard InChI is InChI=1S/C18H12N4O3S2/c1-2-7-21-14-6-4-12(22(24)25)9-16(14)27-18(21)20-17(23)11-3-5-13-15(8-11)26-10-19-13/h2-6,8-10H,1,7H2. The first-order valence-corrected chi connectivity index (χ1v) is 9.57. The second-order valence-corrected chi connectivity index (χ2v) is 7.54. The molecule has 0 atom stereocenters. The molecule has 0 saturated carbocycles. The van der Waals surface area contributed by atoms with Crippen molar-refractivity contribution in [3.63, 3.8) is 0 Å². The van der Waals surface area contributed by atoms with Crippen LogP contribution in [0.4, 0.5) is 5.69 Å². The lowest BCUT2D eigenvalue weighted by atomic mass is 10.2. The molecule has 0 aliphatic heterocycles. The van der Waals surface area contributed by atoms with Crippen LogP contribution in [0.1, 0.15) is 10.4 Å². The summed E-state index contributed by atoms with van der Waals surface area (Å²) in [5.74, 6) is -0.371. The van der Waals surface area contributed by atoms with Crippen molar-refractivity contribution >= 4 is 54.7 Å². The van der Waals surface area contributed by atoms with Gasteiger partial charge in [-0.2, -0.15) is 4.99 Å². The van der Waals surface area contributed by atoms with Gasteiger partial charge in [0, 0.05) is 24.2 Å². The summed E-state index contributed by atoms with van der Waals surface area (Å²) in [7, 11) is 0. The fourth-order valence-corrected chi connectivity index (χ4v) is 4.49. The molecule has 27 heavy (non-hydrogen) atoms. The Hall–Kier alpha value is -3.17. The van der Waals surface area contributed by atoms with E-state index < -0.39 is 4.92 Å². The predicted molar refractivity (Wildman–Crippen MR) is 106 cm³/mol. The van der Waals surface area contributed by atoms with E-state index in [1.807, 2.05) is 4.57 Å². The summed E-state index contributed by atoms with van der Waals surface area (Å²) in [5, 5.41) is 11.0. The largest absolute Gasteiger partial charge is 0.312 e. The molecule has 0 aliphatic rings. The van der Waals surface area contributed by atoms with Crippen LogP contribution < -0.4 is 4.80 Å². The number of benzene rings is 2. The van der Waals surface area contributed by atoms with Crippen molar-refractivity contribution in [1.82, 2.24) is 9.55 Å². The minimum Gasteiger partial charge on any atom is -0.312 e. The minimum absolute atomic E-state index is 0.00280. The molecule has 2 aromatic heterocycles. The van der Waals surface area contributed by atoms with Gasteiger partial charge >= 0.3 is 0 Å². The van der Waals surface area contributed by atoms with Gasteiger partial charge in [0.25, 0.3) is 11.6 Å². The van der Waals surface area contributed by atoms with E-state index in [9.17, 15) is 14.9 Å². The van der Waals surface area contributed by atoms with Crippen molar-refractivity contribution in [2.45, 2.75) is 6.54 Å². The molecule has 2 aromatic carbocycles. The van der Waals surface area contributed by atoms with Gasteiger partial charge in [0.15, 0.2) is 4.80 Å². The number of nitro groups is 1. The van der Waals surface area contributed by atoms with Gasteiger partial charge in [0.1, 0.15) is 0 Å². The summed E-state index contributed by atoms with van der Waals surface area (Å²) in [5.41, 5.74) is 3.82. The maximum absolute atomic E-state index is 12.7. The summed E-state index contributed by atoms with van der Waals surface area (Å²) in [6.07, 6.45) is 1.69. The SMILES string of the molecule is C=CCn1c(=NC(=O)c2ccc3ncsc3c2)sc2cc([N+](=O)[O-])ccc21. The van der Waals surface area contributed by atoms with Crippen molar-refractivity contribution in [3.05, 3.63) is 75.0 Å². The van der Waals surface area contributed by atoms with E-state index in [4.69, 9.17) is 0 Å². The molecule has 0 aliphatic carbocycles. The Kier molecular flexibility index (Phi) is 4.38. The Labute approximate surface area is 160 Å². The van der Waals surface area contributed by atoms with E-state index >= 15 is 0 Å². The van der Waals surface area contributed by atoms with Crippen LogP contribution in [-0.4, -0.2) is 20.4 Å². The predicted octanol–water partition coefficient (Wildman–Crippen LogP) is 4.15. The summed E-state index contributed by atoms with van der Waals surface area (Å²) >= 11 is 2.70. The highest BCUT2D eigenvalue weighted by Gasteiger charge is 2.13. The van der Waals surface area contributed by atoms with Gasteiger partial charge in [0.05, 0.1) is 30.9 Å². The number of hydrogen-bond acceptors (Lipinski definition) is 6. The van der Waals surface area contributed by atoms with Gasteiger partial charge in [-0.25, -0.2) is 4.98 Å². The number of thiazole rings is 2. The summed E-state index contributed by atoms with van der Waals surface area (Å²) in [4.78, 5) is 32.2. The zero-order valence-electron chi connectivity index (χ0n) is 13.9. The third-order valence-corrected chi connectivity index (χ3v) is 5.80. The first-order chi connectivity index (χ1) is 13.1. The van der Waals surface area contributed by atoms with Gasteiger partial charge < -0.3 is 4.57 Å². The Morgan fingerprint density at radius 2 is 2.15 bits per heavy atom. The van der Waals surface area contributed by atoms with Crippen molar-refractivity contribution in [1.29, 1.82) is 0 Å². The third kappa shape index (κ3) is 3.18. The number of fused-ring (bicyclic) bond motifs is 2. The smallest absolute Gasteiger partial charge is 0.279 e. The molecule has 2 heterocycles. The second kappa shape index (κ2) is 6.86. The molecule has 0 fully saturated rings. The Morgan fingerprint density at radius 1 is 1.30 bits per heavy atom. The van der Waals surface area contributed by atoms with Crippen LogP contribution in [0.5, 0.6) is 0 Å². The van der Waals surface area contributed by atoms with Crippen LogP contribution in [0.25, 0.3) is 20.4 Å². The van der Waals surface area contributed by atoms with Crippen molar-refractivity contribution in [2.75, 3.05) is 0 Å². The first-order valence-electron chi connectivity index (χ1n) is 7.88. The highest BCUT2D eigenvalue weighted by molar-refractivity contribution is 7.17. The van der Waals surface area contributed by atoms with Crippen LogP contribution in [0.3, 0.4) is 0 Å². The number of nitrogens with zero attached hydrogens (tertiary/aromatic N) is 4. The van der Waals surface area contributed by atoms with Crippen LogP contribution >= 0.6 is 22.7 Å². The van der Waals surface area contributed by atoms with Crippen LogP contribution in [0, 0.1) is 10.1 Å². The van der Waals surface area contributed by atoms with Crippen molar-refractivity contribution < 1.29 is 9.72 Å². The lowest BCUT2D eigenvalue weighted by Gasteiger charge is -2.01. The molecule has 0 saturated heterocycles. The molecule has 0 bridgehead atoms. The van der Waals surface area contributed by atoms with Crippen molar-refractivity contribution in [3.8, 4) is 0 Å². The van der Waals surface area contributed by atoms with E-state index in [0.717, 1.165) is 15.7 Å². The maximum Gasteiger partial charge on any atom is 0.279 e. The van der Waals surface area contributed by atoms with E-state index in [0.29, 0.717) is 21.6 Å². The Bertz CT molecular complexity index is 1280. The number of rotatable bonds is 4. The summed E-state index contributed by atoms with van der Waals surface area (Å²) < 4.78 is 3.43. The molecule has 134 valence electrons. The van der Waals surface area contributed by atoms with Crippen molar-refractivity contribution in [2.24, 2.45) is 4.99 Å². The maximum atomic E-state index is 12.7. The minimum atomic E-state index is -0.441. The van der Waals surface area contributed by atoms with Crippen LogP contribution in [0.15, 0.2) is 59.6 Å². The molecule has 4 rings (SSSR count). The zero-order valence-corrected chi connectivity index (χ0v) is 15.5. The van der Waals surface area contributed by atoms with E-state index in [2.05, 4.69) is 16.6 Å². The number of nitro benzene ring substituents is 1. The fraction of sp³-hybridized carbons (Fsp3) is 0.0556. The lowest BCUT2D eigenvalue weighted by molar-refractivity contribution is -0.384. The van der Waals surface area contributed by atoms with Gasteiger partial charge in [-0.05, 0) is 24.3 Å². The zero-order chi connectivity index (χ0) is 19.0. The molecule has 7 nitrogen and oxygen atoms in total. The van der Waals surface area contributed by atoms with E-state index in [1.54, 1.807) is 35.9 Å². The van der Waals surface area contributed by atoms with Gasteiger partial charge in [0.2, 0.25) is 0 Å². The molecule has 0 unspecified atom stereocenters. The quantitative estimate of drug-likeness (QED) is 0.294.